The number of amides is 1. The Bertz CT molecular complexity index is 676. The van der Waals surface area contributed by atoms with Gasteiger partial charge in [-0.15, -0.1) is 11.3 Å². The van der Waals surface area contributed by atoms with Gasteiger partial charge >= 0.3 is 0 Å². The van der Waals surface area contributed by atoms with Crippen molar-refractivity contribution in [1.29, 1.82) is 0 Å². The predicted molar refractivity (Wildman–Crippen MR) is 87.1 cm³/mol. The number of aryl methyl sites for hydroxylation is 2. The SMILES string of the molecule is Cc1cc(C(=O)CCC(=O)NCC2CCS(=O)(=O)C2)c(C)s1. The average Bonchev–Trinajstić information content (AvgIpc) is 2.95. The van der Waals surface area contributed by atoms with E-state index in [0.29, 0.717) is 18.5 Å². The maximum Gasteiger partial charge on any atom is 0.220 e. The predicted octanol–water partition coefficient (Wildman–Crippen LogP) is 1.88. The Morgan fingerprint density at radius 2 is 2.05 bits per heavy atom. The molecule has 22 heavy (non-hydrogen) atoms. The lowest BCUT2D eigenvalue weighted by atomic mass is 10.1. The number of rotatable bonds is 6. The van der Waals surface area contributed by atoms with Gasteiger partial charge in [-0.2, -0.15) is 0 Å². The molecule has 1 saturated heterocycles. The molecule has 1 aromatic rings. The second-order valence-corrected chi connectivity index (χ2v) is 9.51. The molecule has 2 rings (SSSR count). The molecule has 0 aromatic carbocycles. The first-order valence-corrected chi connectivity index (χ1v) is 9.98. The Kier molecular flexibility index (Phi) is 5.39. The molecule has 0 radical (unpaired) electrons. The van der Waals surface area contributed by atoms with Crippen LogP contribution in [0, 0.1) is 19.8 Å². The van der Waals surface area contributed by atoms with Crippen molar-refractivity contribution in [2.24, 2.45) is 5.92 Å². The number of carbonyl (C=O) groups excluding carboxylic acids is 2. The monoisotopic (exact) mass is 343 g/mol. The quantitative estimate of drug-likeness (QED) is 0.800. The Labute approximate surface area is 135 Å². The standard InChI is InChI=1S/C15H21NO4S2/c1-10-7-13(11(2)21-10)14(17)3-4-15(18)16-8-12-5-6-22(19,20)9-12/h7,12H,3-6,8-9H2,1-2H3,(H,16,18). The van der Waals surface area contributed by atoms with Gasteiger partial charge in [-0.1, -0.05) is 0 Å². The Morgan fingerprint density at radius 1 is 1.32 bits per heavy atom. The molecule has 0 aliphatic carbocycles. The molecule has 7 heteroatoms. The average molecular weight is 343 g/mol. The molecule has 1 unspecified atom stereocenters. The highest BCUT2D eigenvalue weighted by Gasteiger charge is 2.27. The van der Waals surface area contributed by atoms with E-state index in [1.54, 1.807) is 11.3 Å². The molecule has 0 bridgehead atoms. The molecule has 1 aliphatic heterocycles. The van der Waals surface area contributed by atoms with E-state index >= 15 is 0 Å². The van der Waals surface area contributed by atoms with Crippen LogP contribution in [-0.2, 0) is 14.6 Å². The molecular formula is C15H21NO4S2. The van der Waals surface area contributed by atoms with Crippen molar-refractivity contribution in [3.05, 3.63) is 21.4 Å². The van der Waals surface area contributed by atoms with Gasteiger partial charge in [-0.3, -0.25) is 9.59 Å². The van der Waals surface area contributed by atoms with Crippen LogP contribution in [0.15, 0.2) is 6.07 Å². The fraction of sp³-hybridized carbons (Fsp3) is 0.600. The maximum absolute atomic E-state index is 12.1. The fourth-order valence-electron chi connectivity index (χ4n) is 2.65. The van der Waals surface area contributed by atoms with Crippen LogP contribution in [0.1, 0.15) is 39.4 Å². The van der Waals surface area contributed by atoms with Crippen LogP contribution in [0.5, 0.6) is 0 Å². The van der Waals surface area contributed by atoms with E-state index in [0.717, 1.165) is 9.75 Å². The summed E-state index contributed by atoms with van der Waals surface area (Å²) < 4.78 is 22.7. The van der Waals surface area contributed by atoms with Gasteiger partial charge in [0.05, 0.1) is 11.5 Å². The van der Waals surface area contributed by atoms with Crippen LogP contribution in [-0.4, -0.2) is 38.2 Å². The normalized spacial score (nSPS) is 20.0. The largest absolute Gasteiger partial charge is 0.356 e. The van der Waals surface area contributed by atoms with Crippen molar-refractivity contribution in [3.8, 4) is 0 Å². The third kappa shape index (κ3) is 4.64. The highest BCUT2D eigenvalue weighted by Crippen LogP contribution is 2.22. The fourth-order valence-corrected chi connectivity index (χ4v) is 5.45. The molecule has 122 valence electrons. The van der Waals surface area contributed by atoms with Gasteiger partial charge in [0.15, 0.2) is 15.6 Å². The van der Waals surface area contributed by atoms with E-state index < -0.39 is 9.84 Å². The molecule has 1 atom stereocenters. The van der Waals surface area contributed by atoms with Crippen molar-refractivity contribution >= 4 is 32.9 Å². The zero-order chi connectivity index (χ0) is 16.3. The number of nitrogens with one attached hydrogen (secondary N) is 1. The zero-order valence-corrected chi connectivity index (χ0v) is 14.5. The first kappa shape index (κ1) is 17.1. The summed E-state index contributed by atoms with van der Waals surface area (Å²) in [6, 6.07) is 1.86. The number of ketones is 1. The summed E-state index contributed by atoms with van der Waals surface area (Å²) in [6.07, 6.45) is 0.938. The van der Waals surface area contributed by atoms with Crippen molar-refractivity contribution in [2.45, 2.75) is 33.1 Å². The van der Waals surface area contributed by atoms with Crippen LogP contribution < -0.4 is 5.32 Å². The van der Waals surface area contributed by atoms with Gasteiger partial charge in [0.1, 0.15) is 0 Å². The number of hydrogen-bond donors (Lipinski definition) is 1. The number of Topliss-reactive ketones (excluding diaryl/α,β-unsaturated/α-hetero) is 1. The number of thiophene rings is 1. The summed E-state index contributed by atoms with van der Waals surface area (Å²) in [5.74, 6) is 0.164. The van der Waals surface area contributed by atoms with Crippen molar-refractivity contribution in [2.75, 3.05) is 18.1 Å². The molecular weight excluding hydrogens is 322 g/mol. The van der Waals surface area contributed by atoms with Crippen molar-refractivity contribution < 1.29 is 18.0 Å². The Morgan fingerprint density at radius 3 is 2.59 bits per heavy atom. The molecule has 2 heterocycles. The van der Waals surface area contributed by atoms with Gasteiger partial charge in [0.25, 0.3) is 0 Å². The summed E-state index contributed by atoms with van der Waals surface area (Å²) in [5.41, 5.74) is 0.706. The van der Waals surface area contributed by atoms with Gasteiger partial charge in [-0.25, -0.2) is 8.42 Å². The lowest BCUT2D eigenvalue weighted by molar-refractivity contribution is -0.121. The molecule has 1 fully saturated rings. The second-order valence-electron chi connectivity index (χ2n) is 5.82. The van der Waals surface area contributed by atoms with E-state index in [-0.39, 0.29) is 42.0 Å². The Hall–Kier alpha value is -1.21. The molecule has 1 amide bonds. The smallest absolute Gasteiger partial charge is 0.220 e. The minimum atomic E-state index is -2.91. The maximum atomic E-state index is 12.1. The lowest BCUT2D eigenvalue weighted by Gasteiger charge is -2.09. The van der Waals surface area contributed by atoms with Crippen LogP contribution >= 0.6 is 11.3 Å². The minimum Gasteiger partial charge on any atom is -0.356 e. The van der Waals surface area contributed by atoms with Crippen molar-refractivity contribution in [1.82, 2.24) is 5.32 Å². The zero-order valence-electron chi connectivity index (χ0n) is 12.8. The molecule has 1 aromatic heterocycles. The minimum absolute atomic E-state index is 0.00594. The van der Waals surface area contributed by atoms with Gasteiger partial charge in [-0.05, 0) is 32.3 Å². The molecule has 0 spiro atoms. The van der Waals surface area contributed by atoms with Crippen molar-refractivity contribution in [3.63, 3.8) is 0 Å². The Balaban J connectivity index is 1.74. The van der Waals surface area contributed by atoms with Gasteiger partial charge in [0.2, 0.25) is 5.91 Å². The first-order chi connectivity index (χ1) is 10.3. The second kappa shape index (κ2) is 6.91. The molecule has 1 aliphatic rings. The highest BCUT2D eigenvalue weighted by atomic mass is 32.2. The van der Waals surface area contributed by atoms with Gasteiger partial charge < -0.3 is 5.32 Å². The summed E-state index contributed by atoms with van der Waals surface area (Å²) >= 11 is 1.58. The molecule has 1 N–H and O–H groups in total. The summed E-state index contributed by atoms with van der Waals surface area (Å²) in [5, 5.41) is 2.74. The van der Waals surface area contributed by atoms with E-state index in [1.165, 1.54) is 0 Å². The van der Waals surface area contributed by atoms with Crippen LogP contribution in [0.2, 0.25) is 0 Å². The third-order valence-corrected chi connectivity index (χ3v) is 6.64. The third-order valence-electron chi connectivity index (χ3n) is 3.84. The number of hydrogen-bond acceptors (Lipinski definition) is 5. The van der Waals surface area contributed by atoms with Crippen LogP contribution in [0.4, 0.5) is 0 Å². The number of sulfone groups is 1. The van der Waals surface area contributed by atoms with E-state index in [1.807, 2.05) is 19.9 Å². The first-order valence-electron chi connectivity index (χ1n) is 7.34. The topological polar surface area (TPSA) is 80.3 Å². The highest BCUT2D eigenvalue weighted by molar-refractivity contribution is 7.91. The van der Waals surface area contributed by atoms with E-state index in [2.05, 4.69) is 5.32 Å². The number of carbonyl (C=O) groups is 2. The van der Waals surface area contributed by atoms with Crippen LogP contribution in [0.3, 0.4) is 0 Å². The lowest BCUT2D eigenvalue weighted by Crippen LogP contribution is -2.30. The molecule has 5 nitrogen and oxygen atoms in total. The summed E-state index contributed by atoms with van der Waals surface area (Å²) in [4.78, 5) is 25.9. The summed E-state index contributed by atoms with van der Waals surface area (Å²) in [7, 11) is -2.91. The molecule has 0 saturated carbocycles. The van der Waals surface area contributed by atoms with E-state index in [9.17, 15) is 18.0 Å². The van der Waals surface area contributed by atoms with E-state index in [4.69, 9.17) is 0 Å². The summed E-state index contributed by atoms with van der Waals surface area (Å²) in [6.45, 7) is 4.24. The van der Waals surface area contributed by atoms with Gasteiger partial charge in [0, 0.05) is 34.7 Å². The van der Waals surface area contributed by atoms with Crippen LogP contribution in [0.25, 0.3) is 0 Å².